The number of aromatic nitrogens is 3. The van der Waals surface area contributed by atoms with Gasteiger partial charge in [0.25, 0.3) is 0 Å². The van der Waals surface area contributed by atoms with Crippen LogP contribution < -0.4 is 4.74 Å². The SMILES string of the molecule is COCc1cc(-c2ccc(C(=O)C(OC)C3C=CC(n4ccnn4)=CC3C)o2)cc(OC)c1Br. The highest BCUT2D eigenvalue weighted by atomic mass is 79.9. The molecule has 1 aliphatic rings. The van der Waals surface area contributed by atoms with Crippen LogP contribution in [0.1, 0.15) is 23.0 Å². The first kappa shape index (κ1) is 24.1. The first-order valence-electron chi connectivity index (χ1n) is 10.8. The van der Waals surface area contributed by atoms with Gasteiger partial charge in [-0.1, -0.05) is 24.3 Å². The molecule has 0 spiro atoms. The molecule has 178 valence electrons. The second-order valence-electron chi connectivity index (χ2n) is 8.00. The lowest BCUT2D eigenvalue weighted by atomic mass is 9.82. The van der Waals surface area contributed by atoms with Crippen molar-refractivity contribution in [2.24, 2.45) is 11.8 Å². The number of allylic oxidation sites excluding steroid dienone is 3. The van der Waals surface area contributed by atoms with E-state index in [0.29, 0.717) is 18.1 Å². The van der Waals surface area contributed by atoms with Gasteiger partial charge < -0.3 is 18.6 Å². The number of Topliss-reactive ketones (excluding diaryl/α,β-unsaturated/α-hetero) is 1. The van der Waals surface area contributed by atoms with Gasteiger partial charge in [0.15, 0.2) is 5.76 Å². The third-order valence-corrected chi connectivity index (χ3v) is 6.75. The van der Waals surface area contributed by atoms with Crippen molar-refractivity contribution in [1.29, 1.82) is 0 Å². The summed E-state index contributed by atoms with van der Waals surface area (Å²) >= 11 is 3.55. The molecule has 3 atom stereocenters. The van der Waals surface area contributed by atoms with Gasteiger partial charge in [0.05, 0.1) is 36.3 Å². The number of hydrogen-bond donors (Lipinski definition) is 0. The van der Waals surface area contributed by atoms with E-state index < -0.39 is 6.10 Å². The number of hydrogen-bond acceptors (Lipinski definition) is 7. The Hall–Kier alpha value is -3.01. The third-order valence-electron chi connectivity index (χ3n) is 5.85. The molecule has 0 saturated carbocycles. The van der Waals surface area contributed by atoms with E-state index in [1.54, 1.807) is 50.5 Å². The molecule has 9 heteroatoms. The highest BCUT2D eigenvalue weighted by Gasteiger charge is 2.34. The summed E-state index contributed by atoms with van der Waals surface area (Å²) < 4.78 is 24.9. The van der Waals surface area contributed by atoms with Crippen molar-refractivity contribution in [3.05, 3.63) is 70.7 Å². The molecule has 0 radical (unpaired) electrons. The standard InChI is InChI=1S/C25H26BrN3O5/c1-15-11-18(29-10-9-27-28-29)5-6-19(15)25(33-4)24(30)21-8-7-20(34-21)16-12-17(14-31-2)23(26)22(13-16)32-3/h5-13,15,19,25H,14H2,1-4H3. The van der Waals surface area contributed by atoms with Crippen LogP contribution in [0, 0.1) is 11.8 Å². The minimum atomic E-state index is -0.692. The predicted molar refractivity (Wildman–Crippen MR) is 130 cm³/mol. The Kier molecular flexibility index (Phi) is 7.45. The lowest BCUT2D eigenvalue weighted by Gasteiger charge is -2.28. The predicted octanol–water partition coefficient (Wildman–Crippen LogP) is 5.02. The molecule has 8 nitrogen and oxygen atoms in total. The molecular formula is C25H26BrN3O5. The minimum absolute atomic E-state index is 0.0415. The highest BCUT2D eigenvalue weighted by Crippen LogP contribution is 2.36. The van der Waals surface area contributed by atoms with Gasteiger partial charge in [-0.3, -0.25) is 4.79 Å². The van der Waals surface area contributed by atoms with E-state index in [9.17, 15) is 4.79 Å². The van der Waals surface area contributed by atoms with Crippen molar-refractivity contribution in [2.45, 2.75) is 19.6 Å². The van der Waals surface area contributed by atoms with Gasteiger partial charge in [-0.15, -0.1) is 5.10 Å². The molecule has 3 aromatic rings. The summed E-state index contributed by atoms with van der Waals surface area (Å²) in [5.74, 6) is 1.12. The van der Waals surface area contributed by atoms with E-state index in [-0.39, 0.29) is 23.4 Å². The normalized spacial score (nSPS) is 18.6. The van der Waals surface area contributed by atoms with Crippen LogP contribution in [0.2, 0.25) is 0 Å². The van der Waals surface area contributed by atoms with Crippen molar-refractivity contribution in [3.63, 3.8) is 0 Å². The van der Waals surface area contributed by atoms with E-state index in [2.05, 4.69) is 32.3 Å². The first-order chi connectivity index (χ1) is 16.5. The monoisotopic (exact) mass is 527 g/mol. The molecule has 1 aliphatic carbocycles. The summed E-state index contributed by atoms with van der Waals surface area (Å²) in [6, 6.07) is 7.26. The quantitative estimate of drug-likeness (QED) is 0.361. The molecule has 0 fully saturated rings. The summed E-state index contributed by atoms with van der Waals surface area (Å²) in [7, 11) is 4.77. The Morgan fingerprint density at radius 1 is 1.26 bits per heavy atom. The maximum atomic E-state index is 13.4. The lowest BCUT2D eigenvalue weighted by molar-refractivity contribution is 0.0393. The molecule has 0 saturated heterocycles. The van der Waals surface area contributed by atoms with Crippen LogP contribution in [0.25, 0.3) is 17.0 Å². The van der Waals surface area contributed by atoms with E-state index in [1.165, 1.54) is 0 Å². The average Bonchev–Trinajstić information content (AvgIpc) is 3.54. The summed E-state index contributed by atoms with van der Waals surface area (Å²) in [5, 5.41) is 7.88. The Labute approximate surface area is 206 Å². The Morgan fingerprint density at radius 2 is 2.09 bits per heavy atom. The topological polar surface area (TPSA) is 88.6 Å². The van der Waals surface area contributed by atoms with Crippen molar-refractivity contribution in [1.82, 2.24) is 15.0 Å². The van der Waals surface area contributed by atoms with Crippen molar-refractivity contribution >= 4 is 27.4 Å². The van der Waals surface area contributed by atoms with E-state index in [4.69, 9.17) is 18.6 Å². The maximum absolute atomic E-state index is 13.4. The number of carbonyl (C=O) groups excluding carboxylic acids is 1. The Morgan fingerprint density at radius 3 is 2.74 bits per heavy atom. The summed E-state index contributed by atoms with van der Waals surface area (Å²) in [5.41, 5.74) is 2.60. The second-order valence-corrected chi connectivity index (χ2v) is 8.80. The number of furan rings is 1. The molecular weight excluding hydrogens is 502 g/mol. The zero-order chi connectivity index (χ0) is 24.2. The number of nitrogens with zero attached hydrogens (tertiary/aromatic N) is 3. The van der Waals surface area contributed by atoms with Gasteiger partial charge in [0, 0.05) is 25.7 Å². The van der Waals surface area contributed by atoms with Crippen LogP contribution in [0.5, 0.6) is 5.75 Å². The summed E-state index contributed by atoms with van der Waals surface area (Å²) in [4.78, 5) is 13.4. The lowest BCUT2D eigenvalue weighted by Crippen LogP contribution is -2.35. The molecule has 0 aliphatic heterocycles. The van der Waals surface area contributed by atoms with Crippen LogP contribution in [0.3, 0.4) is 0 Å². The number of halogens is 1. The van der Waals surface area contributed by atoms with Gasteiger partial charge in [-0.25, -0.2) is 4.68 Å². The molecule has 2 heterocycles. The minimum Gasteiger partial charge on any atom is -0.496 e. The number of rotatable bonds is 9. The number of ketones is 1. The van der Waals surface area contributed by atoms with Gasteiger partial charge >= 0.3 is 0 Å². The summed E-state index contributed by atoms with van der Waals surface area (Å²) in [6.07, 6.45) is 8.67. The molecule has 4 rings (SSSR count). The Balaban J connectivity index is 1.57. The number of methoxy groups -OCH3 is 3. The molecule has 3 unspecified atom stereocenters. The van der Waals surface area contributed by atoms with Gasteiger partial charge in [-0.05, 0) is 57.8 Å². The van der Waals surface area contributed by atoms with Crippen LogP contribution in [-0.2, 0) is 16.1 Å². The third kappa shape index (κ3) is 4.77. The van der Waals surface area contributed by atoms with Gasteiger partial charge in [-0.2, -0.15) is 0 Å². The second kappa shape index (κ2) is 10.5. The fourth-order valence-electron chi connectivity index (χ4n) is 4.11. The molecule has 0 bridgehead atoms. The Bertz CT molecular complexity index is 1220. The van der Waals surface area contributed by atoms with Crippen molar-refractivity contribution in [3.8, 4) is 17.1 Å². The molecule has 34 heavy (non-hydrogen) atoms. The fraction of sp³-hybridized carbons (Fsp3) is 0.320. The number of carbonyl (C=O) groups is 1. The van der Waals surface area contributed by atoms with Crippen LogP contribution in [0.15, 0.2) is 63.8 Å². The zero-order valence-corrected chi connectivity index (χ0v) is 21.0. The summed E-state index contributed by atoms with van der Waals surface area (Å²) in [6.45, 7) is 2.45. The van der Waals surface area contributed by atoms with Crippen LogP contribution in [-0.4, -0.2) is 48.2 Å². The van der Waals surface area contributed by atoms with Crippen LogP contribution >= 0.6 is 15.9 Å². The van der Waals surface area contributed by atoms with E-state index in [1.807, 2.05) is 31.2 Å². The van der Waals surface area contributed by atoms with Crippen molar-refractivity contribution < 1.29 is 23.4 Å². The average molecular weight is 528 g/mol. The molecule has 0 amide bonds. The van der Waals surface area contributed by atoms with E-state index in [0.717, 1.165) is 21.3 Å². The fourth-order valence-corrected chi connectivity index (χ4v) is 4.61. The molecule has 0 N–H and O–H groups in total. The van der Waals surface area contributed by atoms with Crippen LogP contribution in [0.4, 0.5) is 0 Å². The van der Waals surface area contributed by atoms with Gasteiger partial charge in [0.1, 0.15) is 17.6 Å². The smallest absolute Gasteiger partial charge is 0.227 e. The number of ether oxygens (including phenoxy) is 3. The van der Waals surface area contributed by atoms with Crippen molar-refractivity contribution in [2.75, 3.05) is 21.3 Å². The zero-order valence-electron chi connectivity index (χ0n) is 19.4. The number of benzene rings is 1. The first-order valence-corrected chi connectivity index (χ1v) is 11.5. The van der Waals surface area contributed by atoms with E-state index >= 15 is 0 Å². The largest absolute Gasteiger partial charge is 0.496 e. The highest BCUT2D eigenvalue weighted by molar-refractivity contribution is 9.10. The molecule has 1 aromatic carbocycles. The molecule has 2 aromatic heterocycles. The van der Waals surface area contributed by atoms with Gasteiger partial charge in [0.2, 0.25) is 5.78 Å². The maximum Gasteiger partial charge on any atom is 0.227 e.